The number of fused-ring (bicyclic) bond motifs is 6. The van der Waals surface area contributed by atoms with Gasteiger partial charge >= 0.3 is 0 Å². The van der Waals surface area contributed by atoms with Crippen LogP contribution in [0.3, 0.4) is 0 Å². The van der Waals surface area contributed by atoms with Crippen LogP contribution in [0, 0.1) is 0 Å². The second-order valence-corrected chi connectivity index (χ2v) is 13.5. The average molecular weight is 556 g/mol. The fourth-order valence-electron chi connectivity index (χ4n) is 6.27. The molecule has 2 nitrogen and oxygen atoms in total. The van der Waals surface area contributed by atoms with E-state index in [1.54, 1.807) is 0 Å². The first-order chi connectivity index (χ1) is 20.7. The Morgan fingerprint density at radius 3 is 1.93 bits per heavy atom. The Morgan fingerprint density at radius 2 is 1.10 bits per heavy atom. The second kappa shape index (κ2) is 9.80. The summed E-state index contributed by atoms with van der Waals surface area (Å²) in [7, 11) is -3.12. The van der Waals surface area contributed by atoms with E-state index in [2.05, 4.69) is 97.1 Å². The maximum atomic E-state index is 15.2. The molecular formula is C39H26NOP. The molecule has 0 radical (unpaired) electrons. The predicted molar refractivity (Wildman–Crippen MR) is 179 cm³/mol. The molecule has 8 aromatic rings. The molecule has 0 fully saturated rings. The Morgan fingerprint density at radius 1 is 0.452 bits per heavy atom. The fourth-order valence-corrected chi connectivity index (χ4v) is 8.94. The number of benzene rings is 7. The summed E-state index contributed by atoms with van der Waals surface area (Å²) in [6, 6.07) is 51.9. The van der Waals surface area contributed by atoms with Gasteiger partial charge in [-0.25, -0.2) is 0 Å². The van der Waals surface area contributed by atoms with Gasteiger partial charge in [-0.1, -0.05) is 133 Å². The summed E-state index contributed by atoms with van der Waals surface area (Å²) in [6.45, 7) is 0. The number of pyridine rings is 1. The van der Waals surface area contributed by atoms with Crippen molar-refractivity contribution < 1.29 is 4.57 Å². The Kier molecular flexibility index (Phi) is 5.77. The van der Waals surface area contributed by atoms with Crippen LogP contribution in [0.15, 0.2) is 158 Å². The number of hydrogen-bond acceptors (Lipinski definition) is 2. The van der Waals surface area contributed by atoms with Crippen LogP contribution in [-0.4, -0.2) is 4.98 Å². The minimum Gasteiger partial charge on any atom is -0.309 e. The average Bonchev–Trinajstić information content (AvgIpc) is 3.07. The Balaban J connectivity index is 1.33. The zero-order valence-electron chi connectivity index (χ0n) is 22.8. The Bertz CT molecular complexity index is 2310. The largest absolute Gasteiger partial charge is 0.309 e. The first kappa shape index (κ1) is 24.7. The molecule has 0 saturated heterocycles. The zero-order chi connectivity index (χ0) is 28.1. The van der Waals surface area contributed by atoms with Crippen LogP contribution >= 0.6 is 7.14 Å². The van der Waals surface area contributed by atoms with Crippen molar-refractivity contribution in [1.29, 1.82) is 0 Å². The van der Waals surface area contributed by atoms with Crippen molar-refractivity contribution in [1.82, 2.24) is 4.98 Å². The van der Waals surface area contributed by atoms with Crippen molar-refractivity contribution in [2.24, 2.45) is 0 Å². The van der Waals surface area contributed by atoms with Gasteiger partial charge in [0.1, 0.15) is 0 Å². The third-order valence-electron chi connectivity index (χ3n) is 8.35. The van der Waals surface area contributed by atoms with Gasteiger partial charge in [-0.05, 0) is 56.3 Å². The van der Waals surface area contributed by atoms with Crippen molar-refractivity contribution in [2.75, 3.05) is 0 Å². The van der Waals surface area contributed by atoms with Crippen molar-refractivity contribution in [3.05, 3.63) is 158 Å². The van der Waals surface area contributed by atoms with E-state index in [9.17, 15) is 0 Å². The SMILES string of the molecule is O=P(c1ccccc1)(c1ccc(-c2cc3cccnc3c3c2ccc2ccccc23)cc1)c1ccc2ccccc2c1. The molecule has 0 aliphatic heterocycles. The van der Waals surface area contributed by atoms with E-state index in [0.717, 1.165) is 59.5 Å². The summed E-state index contributed by atoms with van der Waals surface area (Å²) in [4.78, 5) is 4.79. The number of nitrogens with zero attached hydrogens (tertiary/aromatic N) is 1. The highest BCUT2D eigenvalue weighted by Crippen LogP contribution is 2.44. The van der Waals surface area contributed by atoms with Gasteiger partial charge in [0.15, 0.2) is 7.14 Å². The zero-order valence-corrected chi connectivity index (χ0v) is 23.7. The topological polar surface area (TPSA) is 30.0 Å². The van der Waals surface area contributed by atoms with Crippen molar-refractivity contribution in [2.45, 2.75) is 0 Å². The minimum absolute atomic E-state index is 0.824. The van der Waals surface area contributed by atoms with E-state index in [1.165, 1.54) is 10.8 Å². The molecule has 0 bridgehead atoms. The molecular weight excluding hydrogens is 529 g/mol. The Hall–Kier alpha value is -5.04. The Labute approximate surface area is 244 Å². The first-order valence-electron chi connectivity index (χ1n) is 14.2. The molecule has 8 rings (SSSR count). The lowest BCUT2D eigenvalue weighted by Gasteiger charge is -2.21. The van der Waals surface area contributed by atoms with Crippen LogP contribution in [0.5, 0.6) is 0 Å². The van der Waals surface area contributed by atoms with Crippen LogP contribution in [0.1, 0.15) is 0 Å². The van der Waals surface area contributed by atoms with Gasteiger partial charge in [-0.3, -0.25) is 4.98 Å². The van der Waals surface area contributed by atoms with E-state index < -0.39 is 7.14 Å². The number of aromatic nitrogens is 1. The van der Waals surface area contributed by atoms with E-state index in [0.29, 0.717) is 0 Å². The predicted octanol–water partition coefficient (Wildman–Crippen LogP) is 9.00. The van der Waals surface area contributed by atoms with Gasteiger partial charge in [-0.15, -0.1) is 0 Å². The molecule has 0 N–H and O–H groups in total. The van der Waals surface area contributed by atoms with Gasteiger partial charge in [-0.2, -0.15) is 0 Å². The summed E-state index contributed by atoms with van der Waals surface area (Å²) in [5.41, 5.74) is 3.24. The van der Waals surface area contributed by atoms with Crippen LogP contribution < -0.4 is 15.9 Å². The molecule has 42 heavy (non-hydrogen) atoms. The molecule has 0 amide bonds. The first-order valence-corrected chi connectivity index (χ1v) is 15.9. The fraction of sp³-hybridized carbons (Fsp3) is 0. The van der Waals surface area contributed by atoms with Crippen LogP contribution in [0.25, 0.3) is 54.3 Å². The summed E-state index contributed by atoms with van der Waals surface area (Å²) in [5, 5.41) is 10.6. The summed E-state index contributed by atoms with van der Waals surface area (Å²) in [6.07, 6.45) is 1.87. The highest BCUT2D eigenvalue weighted by molar-refractivity contribution is 7.85. The van der Waals surface area contributed by atoms with E-state index in [1.807, 2.05) is 60.8 Å². The third-order valence-corrected chi connectivity index (χ3v) is 11.4. The highest BCUT2D eigenvalue weighted by Gasteiger charge is 2.30. The van der Waals surface area contributed by atoms with Crippen molar-refractivity contribution >= 4 is 66.3 Å². The molecule has 1 aromatic heterocycles. The normalized spacial score (nSPS) is 13.0. The standard InChI is InChI=1S/C39H26NOP/c41-42(32-13-2-1-3-14-32,34-22-16-27-9-4-5-11-30(27)25-34)33-20-17-29(18-21-33)37-26-31-12-8-24-40-39(31)38-35-15-7-6-10-28(35)19-23-36(37)38/h1-26H. The van der Waals surface area contributed by atoms with Crippen molar-refractivity contribution in [3.63, 3.8) is 0 Å². The molecule has 1 atom stereocenters. The maximum Gasteiger partial charge on any atom is 0.171 e. The molecule has 0 spiro atoms. The second-order valence-electron chi connectivity index (χ2n) is 10.7. The molecule has 0 saturated carbocycles. The van der Waals surface area contributed by atoms with Crippen LogP contribution in [-0.2, 0) is 4.57 Å². The van der Waals surface area contributed by atoms with Gasteiger partial charge in [0.2, 0.25) is 0 Å². The molecule has 198 valence electrons. The van der Waals surface area contributed by atoms with Crippen LogP contribution in [0.2, 0.25) is 0 Å². The lowest BCUT2D eigenvalue weighted by atomic mass is 9.92. The summed E-state index contributed by atoms with van der Waals surface area (Å²) in [5.74, 6) is 0. The van der Waals surface area contributed by atoms with Crippen LogP contribution in [0.4, 0.5) is 0 Å². The lowest BCUT2D eigenvalue weighted by molar-refractivity contribution is 0.592. The van der Waals surface area contributed by atoms with Gasteiger partial charge in [0, 0.05) is 32.9 Å². The summed E-state index contributed by atoms with van der Waals surface area (Å²) >= 11 is 0. The smallest absolute Gasteiger partial charge is 0.171 e. The molecule has 3 heteroatoms. The molecule has 0 aliphatic rings. The van der Waals surface area contributed by atoms with Gasteiger partial charge < -0.3 is 4.57 Å². The van der Waals surface area contributed by atoms with E-state index in [4.69, 9.17) is 4.98 Å². The number of hydrogen-bond donors (Lipinski definition) is 0. The van der Waals surface area contributed by atoms with E-state index >= 15 is 4.57 Å². The maximum absolute atomic E-state index is 15.2. The van der Waals surface area contributed by atoms with E-state index in [-0.39, 0.29) is 0 Å². The van der Waals surface area contributed by atoms with Gasteiger partial charge in [0.05, 0.1) is 5.52 Å². The molecule has 7 aromatic carbocycles. The minimum atomic E-state index is -3.12. The third kappa shape index (κ3) is 3.88. The summed E-state index contributed by atoms with van der Waals surface area (Å²) < 4.78 is 15.2. The lowest BCUT2D eigenvalue weighted by Crippen LogP contribution is -2.25. The van der Waals surface area contributed by atoms with Crippen molar-refractivity contribution in [3.8, 4) is 11.1 Å². The quantitative estimate of drug-likeness (QED) is 0.160. The molecule has 0 aliphatic carbocycles. The highest BCUT2D eigenvalue weighted by atomic mass is 31.2. The molecule has 1 unspecified atom stereocenters. The molecule has 1 heterocycles. The van der Waals surface area contributed by atoms with Gasteiger partial charge in [0.25, 0.3) is 0 Å². The monoisotopic (exact) mass is 555 g/mol. The number of rotatable bonds is 4.